The summed E-state index contributed by atoms with van der Waals surface area (Å²) in [5, 5.41) is 11.4. The molecular formula is C11H21N5. The van der Waals surface area contributed by atoms with E-state index < -0.39 is 0 Å². The predicted octanol–water partition coefficient (Wildman–Crippen LogP) is 0.505. The molecule has 16 heavy (non-hydrogen) atoms. The van der Waals surface area contributed by atoms with E-state index in [4.69, 9.17) is 0 Å². The van der Waals surface area contributed by atoms with Crippen molar-refractivity contribution < 1.29 is 0 Å². The summed E-state index contributed by atoms with van der Waals surface area (Å²) < 4.78 is 1.88. The van der Waals surface area contributed by atoms with Crippen LogP contribution in [0.5, 0.6) is 0 Å². The molecule has 1 heterocycles. The van der Waals surface area contributed by atoms with Gasteiger partial charge in [-0.1, -0.05) is 18.2 Å². The Bertz CT molecular complexity index is 307. The van der Waals surface area contributed by atoms with Crippen molar-refractivity contribution in [2.75, 3.05) is 26.7 Å². The highest BCUT2D eigenvalue weighted by Gasteiger charge is 2.01. The van der Waals surface area contributed by atoms with Crippen LogP contribution in [0.15, 0.2) is 18.9 Å². The van der Waals surface area contributed by atoms with Gasteiger partial charge in [0.1, 0.15) is 0 Å². The zero-order valence-corrected chi connectivity index (χ0v) is 10.2. The van der Waals surface area contributed by atoms with Crippen molar-refractivity contribution in [2.24, 2.45) is 0 Å². The number of likely N-dealkylation sites (N-methyl/N-ethyl adjacent to an activating group) is 1. The Hall–Kier alpha value is -1.20. The molecule has 1 rings (SSSR count). The molecule has 5 heteroatoms. The normalized spacial score (nSPS) is 10.9. The van der Waals surface area contributed by atoms with E-state index in [1.807, 2.05) is 17.0 Å². The Morgan fingerprint density at radius 1 is 1.62 bits per heavy atom. The molecule has 0 amide bonds. The Balaban J connectivity index is 2.31. The molecule has 0 aliphatic rings. The fraction of sp³-hybridized carbons (Fsp3) is 0.636. The molecule has 1 aromatic rings. The van der Waals surface area contributed by atoms with Gasteiger partial charge in [-0.2, -0.15) is 0 Å². The van der Waals surface area contributed by atoms with Crippen molar-refractivity contribution in [1.82, 2.24) is 25.2 Å². The van der Waals surface area contributed by atoms with Gasteiger partial charge in [0, 0.05) is 25.8 Å². The maximum Gasteiger partial charge on any atom is 0.0964 e. The Kier molecular flexibility index (Phi) is 5.74. The standard InChI is InChI=1S/C11H21N5/c1-4-6-15(3)7-8-16-10-11(13-14-16)9-12-5-2/h4,10,12H,1,5-9H2,2-3H3. The summed E-state index contributed by atoms with van der Waals surface area (Å²) in [5.74, 6) is 0. The maximum atomic E-state index is 4.09. The first-order valence-corrected chi connectivity index (χ1v) is 5.65. The molecule has 0 radical (unpaired) electrons. The minimum Gasteiger partial charge on any atom is -0.311 e. The lowest BCUT2D eigenvalue weighted by Crippen LogP contribution is -2.23. The molecule has 0 aliphatic carbocycles. The summed E-state index contributed by atoms with van der Waals surface area (Å²) in [4.78, 5) is 2.19. The first kappa shape index (κ1) is 12.9. The average molecular weight is 223 g/mol. The third kappa shape index (κ3) is 4.55. The molecule has 0 bridgehead atoms. The van der Waals surface area contributed by atoms with Gasteiger partial charge in [0.15, 0.2) is 0 Å². The van der Waals surface area contributed by atoms with Crippen LogP contribution >= 0.6 is 0 Å². The van der Waals surface area contributed by atoms with Crippen LogP contribution in [0.2, 0.25) is 0 Å². The van der Waals surface area contributed by atoms with E-state index in [0.717, 1.165) is 38.4 Å². The van der Waals surface area contributed by atoms with Crippen molar-refractivity contribution in [3.63, 3.8) is 0 Å². The monoisotopic (exact) mass is 223 g/mol. The van der Waals surface area contributed by atoms with Gasteiger partial charge in [-0.3, -0.25) is 4.68 Å². The fourth-order valence-corrected chi connectivity index (χ4v) is 1.37. The van der Waals surface area contributed by atoms with Crippen LogP contribution < -0.4 is 5.32 Å². The van der Waals surface area contributed by atoms with Gasteiger partial charge >= 0.3 is 0 Å². The van der Waals surface area contributed by atoms with E-state index in [9.17, 15) is 0 Å². The van der Waals surface area contributed by atoms with Crippen LogP contribution in [0, 0.1) is 0 Å². The van der Waals surface area contributed by atoms with Crippen molar-refractivity contribution in [3.05, 3.63) is 24.5 Å². The molecule has 0 unspecified atom stereocenters. The van der Waals surface area contributed by atoms with Crippen molar-refractivity contribution >= 4 is 0 Å². The molecule has 0 saturated heterocycles. The third-order valence-corrected chi connectivity index (χ3v) is 2.29. The predicted molar refractivity (Wildman–Crippen MR) is 65.1 cm³/mol. The van der Waals surface area contributed by atoms with E-state index in [-0.39, 0.29) is 0 Å². The molecular weight excluding hydrogens is 202 g/mol. The quantitative estimate of drug-likeness (QED) is 0.652. The molecule has 0 saturated carbocycles. The zero-order chi connectivity index (χ0) is 11.8. The number of nitrogens with zero attached hydrogens (tertiary/aromatic N) is 4. The molecule has 0 aromatic carbocycles. The highest BCUT2D eigenvalue weighted by molar-refractivity contribution is 4.91. The summed E-state index contributed by atoms with van der Waals surface area (Å²) in [5.41, 5.74) is 0.994. The van der Waals surface area contributed by atoms with Gasteiger partial charge in [0.25, 0.3) is 0 Å². The van der Waals surface area contributed by atoms with E-state index in [1.165, 1.54) is 0 Å². The molecule has 90 valence electrons. The minimum atomic E-state index is 0.791. The molecule has 0 fully saturated rings. The van der Waals surface area contributed by atoms with Crippen LogP contribution in [-0.4, -0.2) is 46.6 Å². The second-order valence-corrected chi connectivity index (χ2v) is 3.80. The number of hydrogen-bond donors (Lipinski definition) is 1. The third-order valence-electron chi connectivity index (χ3n) is 2.29. The Morgan fingerprint density at radius 2 is 2.44 bits per heavy atom. The minimum absolute atomic E-state index is 0.791. The number of hydrogen-bond acceptors (Lipinski definition) is 4. The molecule has 0 atom stereocenters. The van der Waals surface area contributed by atoms with Crippen LogP contribution in [0.25, 0.3) is 0 Å². The average Bonchev–Trinajstić information content (AvgIpc) is 2.72. The smallest absolute Gasteiger partial charge is 0.0964 e. The first-order valence-electron chi connectivity index (χ1n) is 5.65. The topological polar surface area (TPSA) is 46.0 Å². The highest BCUT2D eigenvalue weighted by atomic mass is 15.4. The number of nitrogens with one attached hydrogen (secondary N) is 1. The summed E-state index contributed by atoms with van der Waals surface area (Å²) in [6.07, 6.45) is 3.89. The second-order valence-electron chi connectivity index (χ2n) is 3.80. The summed E-state index contributed by atoms with van der Waals surface area (Å²) in [6, 6.07) is 0. The lowest BCUT2D eigenvalue weighted by atomic mass is 10.4. The van der Waals surface area contributed by atoms with E-state index in [0.29, 0.717) is 0 Å². The van der Waals surface area contributed by atoms with Gasteiger partial charge in [0.05, 0.1) is 12.2 Å². The van der Waals surface area contributed by atoms with E-state index >= 15 is 0 Å². The lowest BCUT2D eigenvalue weighted by molar-refractivity contribution is 0.340. The number of rotatable bonds is 8. The number of aromatic nitrogens is 3. The van der Waals surface area contributed by atoms with Crippen LogP contribution in [0.1, 0.15) is 12.6 Å². The SMILES string of the molecule is C=CCN(C)CCn1cc(CNCC)nn1. The van der Waals surface area contributed by atoms with Crippen molar-refractivity contribution in [2.45, 2.75) is 20.0 Å². The first-order chi connectivity index (χ1) is 7.76. The second kappa shape index (κ2) is 7.14. The maximum absolute atomic E-state index is 4.09. The molecule has 5 nitrogen and oxygen atoms in total. The van der Waals surface area contributed by atoms with Crippen molar-refractivity contribution in [3.8, 4) is 0 Å². The van der Waals surface area contributed by atoms with Crippen molar-refractivity contribution in [1.29, 1.82) is 0 Å². The van der Waals surface area contributed by atoms with Crippen LogP contribution in [-0.2, 0) is 13.1 Å². The van der Waals surface area contributed by atoms with E-state index in [1.54, 1.807) is 0 Å². The van der Waals surface area contributed by atoms with E-state index in [2.05, 4.69) is 41.1 Å². The van der Waals surface area contributed by atoms with Gasteiger partial charge in [-0.05, 0) is 13.6 Å². The molecule has 1 aromatic heterocycles. The fourth-order valence-electron chi connectivity index (χ4n) is 1.37. The summed E-state index contributed by atoms with van der Waals surface area (Å²) in [7, 11) is 2.07. The summed E-state index contributed by atoms with van der Waals surface area (Å²) >= 11 is 0. The summed E-state index contributed by atoms with van der Waals surface area (Å²) in [6.45, 7) is 10.3. The van der Waals surface area contributed by atoms with Gasteiger partial charge in [0.2, 0.25) is 0 Å². The van der Waals surface area contributed by atoms with Gasteiger partial charge < -0.3 is 10.2 Å². The highest BCUT2D eigenvalue weighted by Crippen LogP contribution is 1.93. The largest absolute Gasteiger partial charge is 0.311 e. The van der Waals surface area contributed by atoms with Gasteiger partial charge in [-0.25, -0.2) is 0 Å². The Morgan fingerprint density at radius 3 is 3.12 bits per heavy atom. The molecule has 0 spiro atoms. The van der Waals surface area contributed by atoms with Crippen LogP contribution in [0.4, 0.5) is 0 Å². The van der Waals surface area contributed by atoms with Crippen LogP contribution in [0.3, 0.4) is 0 Å². The molecule has 0 aliphatic heterocycles. The zero-order valence-electron chi connectivity index (χ0n) is 10.2. The lowest BCUT2D eigenvalue weighted by Gasteiger charge is -2.13. The molecule has 1 N–H and O–H groups in total. The van der Waals surface area contributed by atoms with Gasteiger partial charge in [-0.15, -0.1) is 11.7 Å². The Labute approximate surface area is 97.1 Å².